The molecule has 0 atom stereocenters. The zero-order valence-corrected chi connectivity index (χ0v) is 5.14. The van der Waals surface area contributed by atoms with Gasteiger partial charge in [-0.3, -0.25) is 4.72 Å². The fourth-order valence-corrected chi connectivity index (χ4v) is 0.857. The fourth-order valence-electron chi connectivity index (χ4n) is 0.367. The third-order valence-corrected chi connectivity index (χ3v) is 1.45. The number of hydrogen-bond donors (Lipinski definition) is 4. The second-order valence-corrected chi connectivity index (χ2v) is 2.10. The highest BCUT2D eigenvalue weighted by atomic mass is 32.2. The van der Waals surface area contributed by atoms with Gasteiger partial charge in [-0.2, -0.15) is 0 Å². The van der Waals surface area contributed by atoms with Crippen molar-refractivity contribution >= 4 is 11.9 Å². The quantitative estimate of drug-likeness (QED) is 0.383. The SMILES string of the molecule is OC1=CSNC(O)=C1O. The topological polar surface area (TPSA) is 72.7 Å². The van der Waals surface area contributed by atoms with Gasteiger partial charge in [0.15, 0.2) is 5.76 Å². The summed E-state index contributed by atoms with van der Waals surface area (Å²) >= 11 is 0.985. The second-order valence-electron chi connectivity index (χ2n) is 1.42. The molecule has 0 aliphatic carbocycles. The van der Waals surface area contributed by atoms with Crippen molar-refractivity contribution in [3.63, 3.8) is 0 Å². The van der Waals surface area contributed by atoms with E-state index in [4.69, 9.17) is 15.3 Å². The molecule has 4 nitrogen and oxygen atoms in total. The molecule has 0 saturated heterocycles. The van der Waals surface area contributed by atoms with Crippen LogP contribution < -0.4 is 4.72 Å². The third kappa shape index (κ3) is 1.05. The van der Waals surface area contributed by atoms with E-state index in [0.717, 1.165) is 11.9 Å². The van der Waals surface area contributed by atoms with Crippen molar-refractivity contribution < 1.29 is 15.3 Å². The van der Waals surface area contributed by atoms with Crippen LogP contribution in [0.25, 0.3) is 0 Å². The molecule has 0 saturated carbocycles. The normalized spacial score (nSPS) is 18.9. The monoisotopic (exact) mass is 147 g/mol. The standard InChI is InChI=1S/C4H5NO3S/c6-2-1-9-5-4(8)3(2)7/h1,5-8H. The summed E-state index contributed by atoms with van der Waals surface area (Å²) in [4.78, 5) is 0. The van der Waals surface area contributed by atoms with Crippen molar-refractivity contribution in [3.8, 4) is 0 Å². The van der Waals surface area contributed by atoms with Gasteiger partial charge in [-0.25, -0.2) is 0 Å². The van der Waals surface area contributed by atoms with Crippen molar-refractivity contribution in [1.29, 1.82) is 0 Å². The van der Waals surface area contributed by atoms with E-state index < -0.39 is 11.6 Å². The predicted molar refractivity (Wildman–Crippen MR) is 33.7 cm³/mol. The Kier molecular flexibility index (Phi) is 1.44. The molecule has 1 heterocycles. The molecule has 0 spiro atoms. The molecule has 0 unspecified atom stereocenters. The van der Waals surface area contributed by atoms with Gasteiger partial charge >= 0.3 is 0 Å². The van der Waals surface area contributed by atoms with Gasteiger partial charge in [-0.1, -0.05) is 0 Å². The molecule has 50 valence electrons. The minimum Gasteiger partial charge on any atom is -0.504 e. The number of hydrogen-bond acceptors (Lipinski definition) is 5. The van der Waals surface area contributed by atoms with Crippen LogP contribution in [0.1, 0.15) is 0 Å². The van der Waals surface area contributed by atoms with Crippen LogP contribution >= 0.6 is 11.9 Å². The van der Waals surface area contributed by atoms with E-state index >= 15 is 0 Å². The molecule has 0 aromatic heterocycles. The maximum absolute atomic E-state index is 8.68. The highest BCUT2D eigenvalue weighted by molar-refractivity contribution is 8.00. The van der Waals surface area contributed by atoms with Gasteiger partial charge in [0.25, 0.3) is 0 Å². The van der Waals surface area contributed by atoms with Gasteiger partial charge in [0.05, 0.1) is 0 Å². The van der Waals surface area contributed by atoms with Crippen LogP contribution in [0.5, 0.6) is 0 Å². The molecular weight excluding hydrogens is 142 g/mol. The summed E-state index contributed by atoms with van der Waals surface area (Å²) in [5.41, 5.74) is 0. The minimum absolute atomic E-state index is 0.323. The summed E-state index contributed by atoms with van der Waals surface area (Å²) in [6, 6.07) is 0. The molecule has 0 radical (unpaired) electrons. The summed E-state index contributed by atoms with van der Waals surface area (Å²) in [6.45, 7) is 0. The molecule has 1 aliphatic heterocycles. The third-order valence-electron chi connectivity index (χ3n) is 0.793. The van der Waals surface area contributed by atoms with E-state index in [0.29, 0.717) is 0 Å². The summed E-state index contributed by atoms with van der Waals surface area (Å²) in [6.07, 6.45) is 0. The first-order valence-electron chi connectivity index (χ1n) is 2.15. The average Bonchev–Trinajstić information content (AvgIpc) is 1.83. The highest BCUT2D eigenvalue weighted by Crippen LogP contribution is 2.16. The highest BCUT2D eigenvalue weighted by Gasteiger charge is 2.12. The lowest BCUT2D eigenvalue weighted by Gasteiger charge is -2.08. The lowest BCUT2D eigenvalue weighted by atomic mass is 10.4. The van der Waals surface area contributed by atoms with Crippen molar-refractivity contribution in [3.05, 3.63) is 22.8 Å². The van der Waals surface area contributed by atoms with Crippen LogP contribution in [0.3, 0.4) is 0 Å². The van der Waals surface area contributed by atoms with E-state index in [1.165, 1.54) is 5.41 Å². The van der Waals surface area contributed by atoms with E-state index in [1.807, 2.05) is 0 Å². The van der Waals surface area contributed by atoms with Crippen molar-refractivity contribution in [2.75, 3.05) is 0 Å². The van der Waals surface area contributed by atoms with Crippen LogP contribution in [0.2, 0.25) is 0 Å². The lowest BCUT2D eigenvalue weighted by molar-refractivity contribution is 0.276. The Bertz CT molecular complexity index is 186. The molecule has 1 aliphatic rings. The van der Waals surface area contributed by atoms with Gasteiger partial charge < -0.3 is 15.3 Å². The Balaban J connectivity index is 2.88. The van der Waals surface area contributed by atoms with Gasteiger partial charge in [0, 0.05) is 5.41 Å². The molecule has 4 N–H and O–H groups in total. The molecule has 9 heavy (non-hydrogen) atoms. The molecular formula is C4H5NO3S. The number of aliphatic hydroxyl groups is 3. The van der Waals surface area contributed by atoms with E-state index in [1.54, 1.807) is 0 Å². The first-order valence-corrected chi connectivity index (χ1v) is 3.03. The second kappa shape index (κ2) is 2.10. The van der Waals surface area contributed by atoms with Crippen LogP contribution in [0, 0.1) is 0 Å². The first-order chi connectivity index (χ1) is 4.22. The molecule has 0 amide bonds. The first kappa shape index (κ1) is 6.15. The zero-order chi connectivity index (χ0) is 6.85. The Labute approximate surface area is 55.6 Å². The van der Waals surface area contributed by atoms with Crippen molar-refractivity contribution in [1.82, 2.24) is 4.72 Å². The maximum atomic E-state index is 8.68. The lowest BCUT2D eigenvalue weighted by Crippen LogP contribution is -2.10. The minimum atomic E-state index is -0.520. The Hall–Kier alpha value is -0.970. The average molecular weight is 147 g/mol. The smallest absolute Gasteiger partial charge is 0.242 e. The Morgan fingerprint density at radius 1 is 1.33 bits per heavy atom. The molecule has 0 aromatic carbocycles. The molecule has 0 bridgehead atoms. The van der Waals surface area contributed by atoms with Gasteiger partial charge in [-0.05, 0) is 11.9 Å². The Morgan fingerprint density at radius 3 is 2.44 bits per heavy atom. The fraction of sp³-hybridized carbons (Fsp3) is 0. The predicted octanol–water partition coefficient (Wildman–Crippen LogP) is 0.922. The van der Waals surface area contributed by atoms with Gasteiger partial charge in [0.2, 0.25) is 11.6 Å². The van der Waals surface area contributed by atoms with E-state index in [2.05, 4.69) is 4.72 Å². The number of aliphatic hydroxyl groups excluding tert-OH is 3. The summed E-state index contributed by atoms with van der Waals surface area (Å²) in [5.74, 6) is -1.26. The molecule has 0 aromatic rings. The van der Waals surface area contributed by atoms with Gasteiger partial charge in [0.1, 0.15) is 0 Å². The largest absolute Gasteiger partial charge is 0.504 e. The van der Waals surface area contributed by atoms with Crippen LogP contribution in [0.15, 0.2) is 22.8 Å². The molecule has 0 fully saturated rings. The molecule has 1 rings (SSSR count). The Morgan fingerprint density at radius 2 is 2.00 bits per heavy atom. The van der Waals surface area contributed by atoms with E-state index in [-0.39, 0.29) is 5.76 Å². The van der Waals surface area contributed by atoms with Gasteiger partial charge in [-0.15, -0.1) is 0 Å². The van der Waals surface area contributed by atoms with Crippen molar-refractivity contribution in [2.45, 2.75) is 0 Å². The van der Waals surface area contributed by atoms with Crippen molar-refractivity contribution in [2.24, 2.45) is 0 Å². The number of nitrogens with one attached hydrogen (secondary N) is 1. The summed E-state index contributed by atoms with van der Waals surface area (Å²) in [7, 11) is 0. The maximum Gasteiger partial charge on any atom is 0.242 e. The zero-order valence-electron chi connectivity index (χ0n) is 4.33. The van der Waals surface area contributed by atoms with Crippen LogP contribution in [-0.2, 0) is 0 Å². The van der Waals surface area contributed by atoms with E-state index in [9.17, 15) is 0 Å². The summed E-state index contributed by atoms with van der Waals surface area (Å²) in [5, 5.41) is 27.3. The number of rotatable bonds is 0. The molecule has 5 heteroatoms. The van der Waals surface area contributed by atoms with Crippen LogP contribution in [-0.4, -0.2) is 15.3 Å². The summed E-state index contributed by atoms with van der Waals surface area (Å²) < 4.78 is 2.33. The van der Waals surface area contributed by atoms with Crippen LogP contribution in [0.4, 0.5) is 0 Å².